The van der Waals surface area contributed by atoms with Crippen LogP contribution >= 0.6 is 15.9 Å². The van der Waals surface area contributed by atoms with Crippen LogP contribution in [-0.4, -0.2) is 7.11 Å². The molecule has 4 nitrogen and oxygen atoms in total. The summed E-state index contributed by atoms with van der Waals surface area (Å²) >= 11 is 3.50. The molecule has 0 saturated carbocycles. The van der Waals surface area contributed by atoms with E-state index in [9.17, 15) is 0 Å². The van der Waals surface area contributed by atoms with Crippen molar-refractivity contribution in [3.63, 3.8) is 0 Å². The van der Waals surface area contributed by atoms with E-state index in [0.717, 1.165) is 21.5 Å². The van der Waals surface area contributed by atoms with Crippen molar-refractivity contribution in [3.05, 3.63) is 51.9 Å². The van der Waals surface area contributed by atoms with E-state index in [-0.39, 0.29) is 0 Å². The molecule has 1 N–H and O–H groups in total. The minimum absolute atomic E-state index is 0.322. The van der Waals surface area contributed by atoms with Gasteiger partial charge in [0.05, 0.1) is 13.2 Å². The van der Waals surface area contributed by atoms with Gasteiger partial charge in [-0.1, -0.05) is 22.0 Å². The Morgan fingerprint density at radius 1 is 1.37 bits per heavy atom. The molecular weight excluding hydrogens is 308 g/mol. The van der Waals surface area contributed by atoms with Crippen LogP contribution in [0.15, 0.2) is 39.2 Å². The van der Waals surface area contributed by atoms with Crippen molar-refractivity contribution in [3.8, 4) is 6.07 Å². The third kappa shape index (κ3) is 3.37. The number of nitrogens with zero attached hydrogens (tertiary/aromatic N) is 1. The number of nitrogens with one attached hydrogen (secondary N) is 1. The lowest BCUT2D eigenvalue weighted by Gasteiger charge is -2.12. The summed E-state index contributed by atoms with van der Waals surface area (Å²) < 4.78 is 11.5. The summed E-state index contributed by atoms with van der Waals surface area (Å²) in [5.74, 6) is 1.04. The summed E-state index contributed by atoms with van der Waals surface area (Å²) in [7, 11) is 1.66. The molecule has 0 unspecified atom stereocenters. The molecule has 0 fully saturated rings. The Hall–Kier alpha value is -1.77. The minimum atomic E-state index is 0.322. The van der Waals surface area contributed by atoms with Crippen LogP contribution in [0.1, 0.15) is 17.1 Å². The number of hydrogen-bond donors (Lipinski definition) is 1. The molecule has 0 atom stereocenters. The lowest BCUT2D eigenvalue weighted by molar-refractivity contribution is 0.185. The predicted octanol–water partition coefficient (Wildman–Crippen LogP) is 3.67. The number of rotatable bonds is 5. The van der Waals surface area contributed by atoms with E-state index < -0.39 is 0 Å². The quantitative estimate of drug-likeness (QED) is 0.913. The summed E-state index contributed by atoms with van der Waals surface area (Å²) in [6.45, 7) is 1.04. The van der Waals surface area contributed by atoms with Gasteiger partial charge < -0.3 is 14.5 Å². The zero-order chi connectivity index (χ0) is 13.7. The van der Waals surface area contributed by atoms with E-state index in [1.54, 1.807) is 19.2 Å². The summed E-state index contributed by atoms with van der Waals surface area (Å²) in [6, 6.07) is 11.3. The normalized spacial score (nSPS) is 10.2. The summed E-state index contributed by atoms with van der Waals surface area (Å²) in [6.07, 6.45) is 0. The molecular formula is C14H13BrN2O2. The predicted molar refractivity (Wildman–Crippen MR) is 75.6 cm³/mol. The molecule has 0 aliphatic heterocycles. The second-order valence-corrected chi connectivity index (χ2v) is 4.78. The number of hydrogen-bond acceptors (Lipinski definition) is 4. The first-order valence-corrected chi connectivity index (χ1v) is 6.53. The highest BCUT2D eigenvalue weighted by atomic mass is 79.9. The molecule has 0 saturated heterocycles. The molecule has 1 aromatic carbocycles. The number of nitriles is 1. The Kier molecular flexibility index (Phi) is 4.61. The van der Waals surface area contributed by atoms with Crippen LogP contribution in [0.3, 0.4) is 0 Å². The van der Waals surface area contributed by atoms with Gasteiger partial charge in [0.15, 0.2) is 0 Å². The molecule has 0 spiro atoms. The van der Waals surface area contributed by atoms with E-state index in [4.69, 9.17) is 14.4 Å². The summed E-state index contributed by atoms with van der Waals surface area (Å²) in [4.78, 5) is 0. The third-order valence-corrected chi connectivity index (χ3v) is 3.38. The number of anilines is 1. The molecule has 1 heterocycles. The lowest BCUT2D eigenvalue weighted by atomic mass is 10.2. The van der Waals surface area contributed by atoms with Gasteiger partial charge >= 0.3 is 0 Å². The van der Waals surface area contributed by atoms with Crippen molar-refractivity contribution in [1.82, 2.24) is 0 Å². The van der Waals surface area contributed by atoms with Crippen LogP contribution in [0.25, 0.3) is 0 Å². The van der Waals surface area contributed by atoms with Crippen molar-refractivity contribution < 1.29 is 9.15 Å². The number of methoxy groups -OCH3 is 1. The zero-order valence-corrected chi connectivity index (χ0v) is 12.0. The van der Waals surface area contributed by atoms with Gasteiger partial charge in [0.1, 0.15) is 11.8 Å². The standard InChI is InChI=1S/C14H13BrN2O2/c1-18-9-12-13(15)3-2-4-14(12)17-8-11-6-5-10(7-16)19-11/h2-6,17H,8-9H2,1H3. The molecule has 0 radical (unpaired) electrons. The van der Waals surface area contributed by atoms with Crippen LogP contribution < -0.4 is 5.32 Å². The second kappa shape index (κ2) is 6.41. The van der Waals surface area contributed by atoms with E-state index in [2.05, 4.69) is 21.2 Å². The van der Waals surface area contributed by atoms with Crippen molar-refractivity contribution in [1.29, 1.82) is 5.26 Å². The topological polar surface area (TPSA) is 58.2 Å². The van der Waals surface area contributed by atoms with Gasteiger partial charge in [-0.15, -0.1) is 0 Å². The number of furan rings is 1. The monoisotopic (exact) mass is 320 g/mol. The largest absolute Gasteiger partial charge is 0.449 e. The number of halogens is 1. The highest BCUT2D eigenvalue weighted by molar-refractivity contribution is 9.10. The Morgan fingerprint density at radius 2 is 2.21 bits per heavy atom. The Morgan fingerprint density at radius 3 is 2.89 bits per heavy atom. The Labute approximate surface area is 120 Å². The molecule has 0 aliphatic carbocycles. The van der Waals surface area contributed by atoms with Crippen LogP contribution in [0.5, 0.6) is 0 Å². The maximum atomic E-state index is 8.70. The van der Waals surface area contributed by atoms with Crippen molar-refractivity contribution in [2.75, 3.05) is 12.4 Å². The second-order valence-electron chi connectivity index (χ2n) is 3.93. The van der Waals surface area contributed by atoms with Crippen LogP contribution in [0, 0.1) is 11.3 Å². The lowest BCUT2D eigenvalue weighted by Crippen LogP contribution is -2.03. The van der Waals surface area contributed by atoms with E-state index in [0.29, 0.717) is 18.9 Å². The maximum Gasteiger partial charge on any atom is 0.203 e. The summed E-state index contributed by atoms with van der Waals surface area (Å²) in [5.41, 5.74) is 2.03. The van der Waals surface area contributed by atoms with Crippen LogP contribution in [-0.2, 0) is 17.9 Å². The highest BCUT2D eigenvalue weighted by Gasteiger charge is 2.07. The Bertz CT molecular complexity index is 602. The van der Waals surface area contributed by atoms with Crippen molar-refractivity contribution in [2.45, 2.75) is 13.2 Å². The van der Waals surface area contributed by atoms with Gasteiger partial charge in [-0.3, -0.25) is 0 Å². The van der Waals surface area contributed by atoms with E-state index in [1.165, 1.54) is 0 Å². The minimum Gasteiger partial charge on any atom is -0.449 e. The number of ether oxygens (including phenoxy) is 1. The smallest absolute Gasteiger partial charge is 0.203 e. The fourth-order valence-electron chi connectivity index (χ4n) is 1.73. The van der Waals surface area contributed by atoms with Crippen molar-refractivity contribution in [2.24, 2.45) is 0 Å². The zero-order valence-electron chi connectivity index (χ0n) is 10.4. The van der Waals surface area contributed by atoms with Crippen molar-refractivity contribution >= 4 is 21.6 Å². The SMILES string of the molecule is COCc1c(Br)cccc1NCc1ccc(C#N)o1. The fraction of sp³-hybridized carbons (Fsp3) is 0.214. The van der Waals surface area contributed by atoms with Gasteiger partial charge in [0.25, 0.3) is 0 Å². The van der Waals surface area contributed by atoms with Gasteiger partial charge in [-0.25, -0.2) is 0 Å². The molecule has 19 heavy (non-hydrogen) atoms. The van der Waals surface area contributed by atoms with Crippen LogP contribution in [0.2, 0.25) is 0 Å². The van der Waals surface area contributed by atoms with Gasteiger partial charge in [-0.2, -0.15) is 5.26 Å². The van der Waals surface area contributed by atoms with Gasteiger partial charge in [-0.05, 0) is 24.3 Å². The molecule has 98 valence electrons. The molecule has 5 heteroatoms. The van der Waals surface area contributed by atoms with E-state index >= 15 is 0 Å². The van der Waals surface area contributed by atoms with Gasteiger partial charge in [0.2, 0.25) is 5.76 Å². The molecule has 0 aliphatic rings. The Balaban J connectivity index is 2.11. The average molecular weight is 321 g/mol. The first-order chi connectivity index (χ1) is 9.24. The molecule has 0 amide bonds. The first kappa shape index (κ1) is 13.7. The maximum absolute atomic E-state index is 8.70. The molecule has 0 bridgehead atoms. The third-order valence-electron chi connectivity index (χ3n) is 2.63. The summed E-state index contributed by atoms with van der Waals surface area (Å²) in [5, 5.41) is 12.0. The molecule has 2 aromatic rings. The van der Waals surface area contributed by atoms with E-state index in [1.807, 2.05) is 24.3 Å². The van der Waals surface area contributed by atoms with Gasteiger partial charge in [0, 0.05) is 22.8 Å². The average Bonchev–Trinajstić information content (AvgIpc) is 2.87. The highest BCUT2D eigenvalue weighted by Crippen LogP contribution is 2.26. The molecule has 1 aromatic heterocycles. The fourth-order valence-corrected chi connectivity index (χ4v) is 2.21. The van der Waals surface area contributed by atoms with Crippen LogP contribution in [0.4, 0.5) is 5.69 Å². The molecule has 2 rings (SSSR count). The number of benzene rings is 1. The first-order valence-electron chi connectivity index (χ1n) is 5.73.